The minimum absolute atomic E-state index is 0.00862. The maximum atomic E-state index is 12.7. The highest BCUT2D eigenvalue weighted by molar-refractivity contribution is 7.91. The minimum Gasteiger partial charge on any atom is -0.457 e. The van der Waals surface area contributed by atoms with Gasteiger partial charge in [-0.15, -0.1) is 0 Å². The number of benzene rings is 2. The van der Waals surface area contributed by atoms with E-state index in [4.69, 9.17) is 14.2 Å². The van der Waals surface area contributed by atoms with Gasteiger partial charge in [0.05, 0.1) is 28.9 Å². The van der Waals surface area contributed by atoms with Crippen LogP contribution in [0.25, 0.3) is 0 Å². The van der Waals surface area contributed by atoms with Gasteiger partial charge in [-0.2, -0.15) is 18.7 Å². The van der Waals surface area contributed by atoms with E-state index in [1.54, 1.807) is 13.8 Å². The van der Waals surface area contributed by atoms with Gasteiger partial charge >= 0.3 is 6.18 Å². The van der Waals surface area contributed by atoms with Gasteiger partial charge < -0.3 is 19.4 Å². The molecule has 0 amide bonds. The highest BCUT2D eigenvalue weighted by Crippen LogP contribution is 2.32. The summed E-state index contributed by atoms with van der Waals surface area (Å²) in [7, 11) is -3.80. The third-order valence-corrected chi connectivity index (χ3v) is 6.43. The predicted molar refractivity (Wildman–Crippen MR) is 104 cm³/mol. The molecule has 2 N–H and O–H groups in total. The largest absolute Gasteiger partial charge is 0.457 e. The monoisotopic (exact) mass is 461 g/mol. The second-order valence-corrected chi connectivity index (χ2v) is 9.51. The predicted octanol–water partition coefficient (Wildman–Crippen LogP) is 3.77. The Morgan fingerprint density at radius 3 is 2.13 bits per heavy atom. The van der Waals surface area contributed by atoms with E-state index in [0.29, 0.717) is 0 Å². The lowest BCUT2D eigenvalue weighted by atomic mass is 10.2. The van der Waals surface area contributed by atoms with Crippen LogP contribution in [0.4, 0.5) is 13.2 Å². The van der Waals surface area contributed by atoms with Crippen molar-refractivity contribution in [2.75, 3.05) is 12.4 Å². The number of hydrogen-bond donors (Lipinski definition) is 2. The number of hydrogen-bond acceptors (Lipinski definition) is 7. The van der Waals surface area contributed by atoms with Gasteiger partial charge in [-0.25, -0.2) is 8.42 Å². The maximum absolute atomic E-state index is 12.7. The highest BCUT2D eigenvalue weighted by Gasteiger charge is 2.39. The van der Waals surface area contributed by atoms with Crippen molar-refractivity contribution in [3.63, 3.8) is 0 Å². The van der Waals surface area contributed by atoms with Crippen molar-refractivity contribution >= 4 is 9.84 Å². The molecule has 0 radical (unpaired) electrons. The van der Waals surface area contributed by atoms with Crippen LogP contribution >= 0.6 is 0 Å². The number of halogens is 3. The van der Waals surface area contributed by atoms with Gasteiger partial charge in [-0.05, 0) is 62.4 Å². The van der Waals surface area contributed by atoms with Gasteiger partial charge in [0.1, 0.15) is 17.6 Å². The van der Waals surface area contributed by atoms with Crippen LogP contribution in [-0.2, 0) is 25.5 Å². The van der Waals surface area contributed by atoms with Crippen molar-refractivity contribution in [2.45, 2.75) is 42.9 Å². The summed E-state index contributed by atoms with van der Waals surface area (Å²) in [6.45, 7) is 3.50. The summed E-state index contributed by atoms with van der Waals surface area (Å²) in [5.74, 6) is -0.882. The van der Waals surface area contributed by atoms with E-state index in [0.717, 1.165) is 12.1 Å². The quantitative estimate of drug-likeness (QED) is 0.606. The van der Waals surface area contributed by atoms with E-state index in [1.165, 1.54) is 36.4 Å². The molecule has 0 bridgehead atoms. The Morgan fingerprint density at radius 2 is 1.68 bits per heavy atom. The lowest BCUT2D eigenvalue weighted by Crippen LogP contribution is -2.45. The van der Waals surface area contributed by atoms with Crippen molar-refractivity contribution in [2.24, 2.45) is 0 Å². The topological polar surface area (TPSA) is 94.1 Å². The smallest absolute Gasteiger partial charge is 0.416 e. The van der Waals surface area contributed by atoms with Crippen LogP contribution in [-0.4, -0.2) is 43.9 Å². The lowest BCUT2D eigenvalue weighted by molar-refractivity contribution is -0.144. The first-order valence-corrected chi connectivity index (χ1v) is 10.9. The molecule has 0 aliphatic carbocycles. The zero-order chi connectivity index (χ0) is 22.9. The Bertz CT molecular complexity index is 991. The highest BCUT2D eigenvalue weighted by atomic mass is 32.2. The Labute approximate surface area is 177 Å². The molecule has 2 aromatic carbocycles. The zero-order valence-electron chi connectivity index (χ0n) is 16.7. The summed E-state index contributed by atoms with van der Waals surface area (Å²) in [6.07, 6.45) is -5.10. The van der Waals surface area contributed by atoms with E-state index in [1.807, 2.05) is 5.48 Å². The molecule has 0 aromatic heterocycles. The van der Waals surface area contributed by atoms with Crippen LogP contribution < -0.4 is 10.2 Å². The number of sulfone groups is 1. The van der Waals surface area contributed by atoms with Gasteiger partial charge in [-0.1, -0.05) is 0 Å². The van der Waals surface area contributed by atoms with Gasteiger partial charge in [0.15, 0.2) is 15.6 Å². The fourth-order valence-electron chi connectivity index (χ4n) is 3.04. The van der Waals surface area contributed by atoms with E-state index in [9.17, 15) is 26.8 Å². The molecule has 11 heteroatoms. The Morgan fingerprint density at radius 1 is 1.13 bits per heavy atom. The van der Waals surface area contributed by atoms with Crippen LogP contribution in [0.15, 0.2) is 53.4 Å². The SMILES string of the molecule is CC1(C)OC[C@H]([C@@H](CS(=O)(=O)c2ccc(Oc3ccc(C(F)(F)F)cc3)cc2)NO)O1. The van der Waals surface area contributed by atoms with Crippen LogP contribution in [0.3, 0.4) is 0 Å². The maximum Gasteiger partial charge on any atom is 0.416 e. The number of rotatable bonds is 7. The van der Waals surface area contributed by atoms with E-state index >= 15 is 0 Å². The van der Waals surface area contributed by atoms with E-state index in [-0.39, 0.29) is 23.0 Å². The standard InChI is InChI=1S/C20H22F3NO6S/c1-19(2)28-11-18(30-19)17(24-25)12-31(26,27)16-9-7-15(8-10-16)29-14-5-3-13(4-6-14)20(21,22)23/h3-10,17-18,24-25H,11-12H2,1-2H3/t17-,18-/m1/s1. The van der Waals surface area contributed by atoms with Crippen LogP contribution in [0, 0.1) is 0 Å². The molecular formula is C20H22F3NO6S. The van der Waals surface area contributed by atoms with Crippen molar-refractivity contribution in [1.29, 1.82) is 0 Å². The van der Waals surface area contributed by atoms with Gasteiger partial charge in [0.2, 0.25) is 0 Å². The van der Waals surface area contributed by atoms with Crippen LogP contribution in [0.2, 0.25) is 0 Å². The first kappa shape index (κ1) is 23.5. The van der Waals surface area contributed by atoms with Gasteiger partial charge in [0, 0.05) is 0 Å². The minimum atomic E-state index is -4.44. The molecule has 3 rings (SSSR count). The number of nitrogens with one attached hydrogen (secondary N) is 1. The molecule has 1 heterocycles. The second-order valence-electron chi connectivity index (χ2n) is 7.48. The van der Waals surface area contributed by atoms with Crippen LogP contribution in [0.1, 0.15) is 19.4 Å². The van der Waals surface area contributed by atoms with Crippen LogP contribution in [0.5, 0.6) is 11.5 Å². The Kier molecular flexibility index (Phi) is 6.63. The molecule has 2 atom stereocenters. The van der Waals surface area contributed by atoms with Gasteiger partial charge in [0.25, 0.3) is 0 Å². The molecular weight excluding hydrogens is 439 g/mol. The summed E-state index contributed by atoms with van der Waals surface area (Å²) in [4.78, 5) is -0.00862. The molecule has 2 aromatic rings. The van der Waals surface area contributed by atoms with E-state index in [2.05, 4.69) is 0 Å². The van der Waals surface area contributed by atoms with E-state index < -0.39 is 45.3 Å². The third kappa shape index (κ3) is 5.95. The summed E-state index contributed by atoms with van der Waals surface area (Å²) in [6, 6.07) is 8.66. The zero-order valence-corrected chi connectivity index (χ0v) is 17.5. The fourth-order valence-corrected chi connectivity index (χ4v) is 4.54. The van der Waals surface area contributed by atoms with Crippen molar-refractivity contribution in [3.8, 4) is 11.5 Å². The number of alkyl halides is 3. The van der Waals surface area contributed by atoms with Crippen molar-refractivity contribution < 1.29 is 41.0 Å². The lowest BCUT2D eigenvalue weighted by Gasteiger charge is -2.23. The molecule has 0 unspecified atom stereocenters. The number of hydroxylamine groups is 1. The van der Waals surface area contributed by atoms with Crippen molar-refractivity contribution in [3.05, 3.63) is 54.1 Å². The summed E-state index contributed by atoms with van der Waals surface area (Å²) < 4.78 is 79.8. The molecule has 1 aliphatic heterocycles. The molecule has 0 spiro atoms. The molecule has 1 saturated heterocycles. The normalized spacial score (nSPS) is 19.9. The average Bonchev–Trinajstić information content (AvgIpc) is 3.06. The number of ether oxygens (including phenoxy) is 3. The molecule has 0 saturated carbocycles. The van der Waals surface area contributed by atoms with Gasteiger partial charge in [-0.3, -0.25) is 0 Å². The summed E-state index contributed by atoms with van der Waals surface area (Å²) in [5.41, 5.74) is 1.18. The average molecular weight is 461 g/mol. The molecule has 1 aliphatic rings. The van der Waals surface area contributed by atoms with Crippen molar-refractivity contribution in [1.82, 2.24) is 5.48 Å². The Balaban J connectivity index is 1.67. The summed E-state index contributed by atoms with van der Waals surface area (Å²) >= 11 is 0. The summed E-state index contributed by atoms with van der Waals surface area (Å²) in [5, 5.41) is 9.40. The second kappa shape index (κ2) is 8.75. The third-order valence-electron chi connectivity index (χ3n) is 4.64. The molecule has 170 valence electrons. The Hall–Kier alpha value is -2.18. The first-order valence-electron chi connectivity index (χ1n) is 9.29. The molecule has 1 fully saturated rings. The molecule has 7 nitrogen and oxygen atoms in total. The fraction of sp³-hybridized carbons (Fsp3) is 0.400. The molecule has 31 heavy (non-hydrogen) atoms. The first-order chi connectivity index (χ1) is 14.4.